The van der Waals surface area contributed by atoms with Crippen LogP contribution < -0.4 is 26.0 Å². The van der Waals surface area contributed by atoms with Crippen LogP contribution in [0, 0.1) is 0 Å². The number of carbonyl (C=O) groups excluding carboxylic acids is 2. The maximum atomic E-state index is 12.8. The molecular formula is C28H32F3N7O7. The van der Waals surface area contributed by atoms with E-state index in [0.29, 0.717) is 5.69 Å². The zero-order valence-corrected chi connectivity index (χ0v) is 24.0. The molecule has 0 aliphatic carbocycles. The van der Waals surface area contributed by atoms with Crippen LogP contribution in [0.2, 0.25) is 0 Å². The van der Waals surface area contributed by atoms with Crippen molar-refractivity contribution in [3.05, 3.63) is 65.2 Å². The number of alkyl halides is 3. The molecular weight excluding hydrogens is 603 g/mol. The zero-order valence-electron chi connectivity index (χ0n) is 24.0. The molecule has 2 aromatic carbocycles. The van der Waals surface area contributed by atoms with Crippen molar-refractivity contribution in [2.75, 3.05) is 56.9 Å². The molecule has 0 radical (unpaired) electrons. The molecule has 0 spiro atoms. The van der Waals surface area contributed by atoms with Gasteiger partial charge in [0.2, 0.25) is 11.9 Å². The SMILES string of the molecule is O=C1NCc2ccc(cc2)CNc2nc(nc(OCC(F)(F)F)n2)Nc2ccc(cc2)CNC(=O)OCCOCCOCCO1. The molecule has 6 rings (SSSR count). The summed E-state index contributed by atoms with van der Waals surface area (Å²) in [4.78, 5) is 36.0. The minimum absolute atomic E-state index is 0.0217. The normalized spacial score (nSPS) is 16.2. The van der Waals surface area contributed by atoms with Crippen molar-refractivity contribution >= 4 is 29.8 Å². The summed E-state index contributed by atoms with van der Waals surface area (Å²) >= 11 is 0. The fraction of sp³-hybridized carbons (Fsp3) is 0.393. The van der Waals surface area contributed by atoms with Gasteiger partial charge in [-0.25, -0.2) is 9.59 Å². The molecule has 0 fully saturated rings. The van der Waals surface area contributed by atoms with Crippen LogP contribution in [-0.4, -0.2) is 79.6 Å². The molecule has 4 N–H and O–H groups in total. The average Bonchev–Trinajstić information content (AvgIpc) is 3.02. The third-order valence-electron chi connectivity index (χ3n) is 5.83. The third-order valence-corrected chi connectivity index (χ3v) is 5.83. The first-order valence-electron chi connectivity index (χ1n) is 13.8. The zero-order chi connectivity index (χ0) is 31.9. The van der Waals surface area contributed by atoms with Gasteiger partial charge in [0.25, 0.3) is 0 Å². The average molecular weight is 636 g/mol. The molecule has 4 heterocycles. The Bertz CT molecular complexity index is 1380. The van der Waals surface area contributed by atoms with Gasteiger partial charge in [-0.15, -0.1) is 0 Å². The van der Waals surface area contributed by atoms with Gasteiger partial charge in [-0.1, -0.05) is 36.4 Å². The van der Waals surface area contributed by atoms with Crippen LogP contribution in [0.3, 0.4) is 0 Å². The van der Waals surface area contributed by atoms with E-state index in [9.17, 15) is 22.8 Å². The predicted octanol–water partition coefficient (Wildman–Crippen LogP) is 3.67. The van der Waals surface area contributed by atoms with Gasteiger partial charge in [0, 0.05) is 25.3 Å². The molecule has 3 aromatic rings. The smallest absolute Gasteiger partial charge is 0.422 e. The van der Waals surface area contributed by atoms with Gasteiger partial charge < -0.3 is 45.0 Å². The number of amides is 2. The molecule has 0 atom stereocenters. The molecule has 0 saturated heterocycles. The summed E-state index contributed by atoms with van der Waals surface area (Å²) in [5.41, 5.74) is 2.90. The van der Waals surface area contributed by atoms with E-state index in [-0.39, 0.29) is 71.2 Å². The van der Waals surface area contributed by atoms with Crippen molar-refractivity contribution in [2.45, 2.75) is 25.8 Å². The number of halogens is 3. The van der Waals surface area contributed by atoms with Crippen LogP contribution in [0.25, 0.3) is 0 Å². The quantitative estimate of drug-likeness (QED) is 0.323. The fourth-order valence-electron chi connectivity index (χ4n) is 3.65. The first kappa shape index (κ1) is 33.0. The van der Waals surface area contributed by atoms with Crippen molar-refractivity contribution in [1.82, 2.24) is 25.6 Å². The van der Waals surface area contributed by atoms with Crippen LogP contribution in [0.4, 0.5) is 40.3 Å². The highest BCUT2D eigenvalue weighted by Crippen LogP contribution is 2.20. The van der Waals surface area contributed by atoms with Crippen molar-refractivity contribution in [1.29, 1.82) is 0 Å². The Hall–Kier alpha value is -4.90. The highest BCUT2D eigenvalue weighted by molar-refractivity contribution is 5.67. The molecule has 14 nitrogen and oxygen atoms in total. The summed E-state index contributed by atoms with van der Waals surface area (Å²) in [7, 11) is 0. The van der Waals surface area contributed by atoms with Crippen LogP contribution in [0.15, 0.2) is 48.5 Å². The van der Waals surface area contributed by atoms with Crippen molar-refractivity contribution in [3.8, 4) is 6.01 Å². The molecule has 17 heteroatoms. The maximum Gasteiger partial charge on any atom is 0.422 e. The number of hydrogen-bond acceptors (Lipinski definition) is 12. The van der Waals surface area contributed by atoms with E-state index >= 15 is 0 Å². The number of nitrogens with one attached hydrogen (secondary N) is 4. The maximum absolute atomic E-state index is 12.8. The number of anilines is 3. The van der Waals surface area contributed by atoms with Gasteiger partial charge in [-0.3, -0.25) is 0 Å². The lowest BCUT2D eigenvalue weighted by atomic mass is 10.1. The number of benzene rings is 2. The summed E-state index contributed by atoms with van der Waals surface area (Å²) in [5, 5.41) is 11.1. The second-order valence-electron chi connectivity index (χ2n) is 9.36. The second-order valence-corrected chi connectivity index (χ2v) is 9.36. The molecule has 1 aromatic heterocycles. The monoisotopic (exact) mass is 635 g/mol. The largest absolute Gasteiger partial charge is 0.454 e. The van der Waals surface area contributed by atoms with Crippen molar-refractivity contribution in [3.63, 3.8) is 0 Å². The Morgan fingerprint density at radius 1 is 0.644 bits per heavy atom. The molecule has 3 aliphatic heterocycles. The van der Waals surface area contributed by atoms with Gasteiger partial charge in [-0.2, -0.15) is 28.1 Å². The van der Waals surface area contributed by atoms with E-state index in [0.717, 1.165) is 16.7 Å². The molecule has 0 saturated carbocycles. The number of ether oxygens (including phenoxy) is 5. The predicted molar refractivity (Wildman–Crippen MR) is 153 cm³/mol. The Kier molecular flexibility index (Phi) is 12.3. The van der Waals surface area contributed by atoms with Crippen LogP contribution in [0.1, 0.15) is 16.7 Å². The highest BCUT2D eigenvalue weighted by Gasteiger charge is 2.29. The van der Waals surface area contributed by atoms with Crippen LogP contribution >= 0.6 is 0 Å². The number of rotatable bonds is 2. The summed E-state index contributed by atoms with van der Waals surface area (Å²) in [6.45, 7) is 0.0745. The number of alkyl carbamates (subject to hydrolysis) is 2. The molecule has 0 unspecified atom stereocenters. The highest BCUT2D eigenvalue weighted by atomic mass is 19.4. The van der Waals surface area contributed by atoms with Crippen molar-refractivity contribution in [2.24, 2.45) is 0 Å². The molecule has 2 amide bonds. The minimum atomic E-state index is -4.59. The summed E-state index contributed by atoms with van der Waals surface area (Å²) in [6.07, 6.45) is -5.82. The minimum Gasteiger partial charge on any atom is -0.454 e. The van der Waals surface area contributed by atoms with Gasteiger partial charge in [0.15, 0.2) is 6.61 Å². The summed E-state index contributed by atoms with van der Waals surface area (Å²) in [6, 6.07) is 13.5. The van der Waals surface area contributed by atoms with Gasteiger partial charge in [0.1, 0.15) is 13.2 Å². The lowest BCUT2D eigenvalue weighted by Crippen LogP contribution is -2.26. The number of fused-ring (bicyclic) bond motifs is 2. The topological polar surface area (TPSA) is 167 Å². The van der Waals surface area contributed by atoms with Gasteiger partial charge in [-0.05, 0) is 28.8 Å². The summed E-state index contributed by atoms with van der Waals surface area (Å²) in [5.74, 6) is -0.0765. The number of aromatic nitrogens is 3. The fourth-order valence-corrected chi connectivity index (χ4v) is 3.65. The van der Waals surface area contributed by atoms with Crippen LogP contribution in [0.5, 0.6) is 6.01 Å². The Labute approximate surface area is 256 Å². The molecule has 45 heavy (non-hydrogen) atoms. The van der Waals surface area contributed by atoms with E-state index in [1.165, 1.54) is 0 Å². The molecule has 242 valence electrons. The lowest BCUT2D eigenvalue weighted by molar-refractivity contribution is -0.154. The van der Waals surface area contributed by atoms with Crippen molar-refractivity contribution < 1.29 is 46.4 Å². The molecule has 3 aliphatic rings. The number of carbonyl (C=O) groups is 2. The number of hydrogen-bond donors (Lipinski definition) is 4. The Morgan fingerprint density at radius 3 is 1.64 bits per heavy atom. The van der Waals surface area contributed by atoms with E-state index in [1.54, 1.807) is 36.4 Å². The van der Waals surface area contributed by atoms with Crippen LogP contribution in [-0.2, 0) is 38.6 Å². The Morgan fingerprint density at radius 2 is 1.11 bits per heavy atom. The van der Waals surface area contributed by atoms with E-state index in [2.05, 4.69) is 36.2 Å². The number of nitrogens with zero attached hydrogens (tertiary/aromatic N) is 3. The van der Waals surface area contributed by atoms with Gasteiger partial charge >= 0.3 is 24.4 Å². The van der Waals surface area contributed by atoms with E-state index in [4.69, 9.17) is 23.7 Å². The third kappa shape index (κ3) is 12.7. The second kappa shape index (κ2) is 16.8. The first-order chi connectivity index (χ1) is 21.7. The Balaban J connectivity index is 1.45. The lowest BCUT2D eigenvalue weighted by Gasteiger charge is -2.13. The summed E-state index contributed by atoms with van der Waals surface area (Å²) < 4.78 is 64.0. The first-order valence-corrected chi connectivity index (χ1v) is 13.8. The molecule has 6 bridgehead atoms. The standard InChI is InChI=1S/C28H32F3N7O7/c29-28(30,31)18-45-25-37-23-32-15-19-1-3-20(4-2-19)16-33-26(39)43-13-11-41-9-10-42-12-14-44-27(40)34-17-21-5-7-22(8-6-21)35-24(36-23)38-25/h1-8H,9-18H2,(H,33,39)(H,34,40)(H2,32,35,36,37,38). The van der Waals surface area contributed by atoms with Gasteiger partial charge in [0.05, 0.1) is 26.4 Å². The van der Waals surface area contributed by atoms with E-state index in [1.807, 2.05) is 12.1 Å². The van der Waals surface area contributed by atoms with E-state index < -0.39 is 31.0 Å².